The molecule has 0 radical (unpaired) electrons. The molecular weight excluding hydrogens is 1610 g/mol. The number of Topliss-reactive ketones (excluding diaryl/α,β-unsaturated/α-hetero) is 4. The number of carboxylic acid groups (broad SMARTS) is 4. The zero-order valence-corrected chi connectivity index (χ0v) is 69.6. The standard InChI is InChI=1S/C15H18ClNO5.C15H19NO5.C13H14ClNO5.C11H15NO2.C7H11NO3.C6H11NO2.C5H7ClO2.C5H6O2.CH2O2.CH4.Li.H2O/c1-3-21-14(19)10-9-7-5-6-8-17(9)12(11(10)16)13(18)15(20)22-4-2;1-3-20-14(18)10-9-12(13(17)15(19)21-4-2)16-8-6-5-7-11(10)16;1-2-20-13(19)8-7-5-3-4-6-15(7)10(9(8)14)11(16)12(17)18;1-2-14-11(13)9-6-8-12-7-4-3-5-10(9)12;9-5-8-4-2-1-3-6(8)7(10)11;8-6(9)5-3-1-2-4-7-5;1-2-3-4(7)5(6)8;1-3-5(6)7-4-2;2-1-3;;;/h3-8H2,1-2H3;9H,3-8H2,1-2H3;2-6H2,1H3,(H,17,18);6,8H,2-5,7H2,1H3;5-6H,1-4H2,(H,10,11);5,7H,1-4H2,(H,8,9);2-3H2,1H3;1H,4H2,2H3;1H,(H,2,3);1H4;;1H2/q;;;;;;;;;;+1;/p-1. The van der Waals surface area contributed by atoms with Gasteiger partial charge in [-0.2, -0.15) is 0 Å². The molecule has 2 unspecified atom stereocenters. The van der Waals surface area contributed by atoms with E-state index in [1.165, 1.54) is 28.4 Å². The number of carbonyl (C=O) groups excluding carboxylic acids is 13. The van der Waals surface area contributed by atoms with Gasteiger partial charge in [-0.25, -0.2) is 43.2 Å². The van der Waals surface area contributed by atoms with Crippen LogP contribution < -0.4 is 24.2 Å². The van der Waals surface area contributed by atoms with Gasteiger partial charge in [0.25, 0.3) is 29.1 Å². The summed E-state index contributed by atoms with van der Waals surface area (Å²) in [7, 11) is 0. The van der Waals surface area contributed by atoms with Gasteiger partial charge in [-0.05, 0) is 194 Å². The number of aliphatic carboxylic acids is 3. The summed E-state index contributed by atoms with van der Waals surface area (Å²) in [6.45, 7) is 19.3. The van der Waals surface area contributed by atoms with Crippen molar-refractivity contribution in [3.8, 4) is 12.3 Å². The fourth-order valence-corrected chi connectivity index (χ4v) is 13.3. The van der Waals surface area contributed by atoms with Gasteiger partial charge >= 0.3 is 78.6 Å². The maximum Gasteiger partial charge on any atom is 1.00 e. The minimum atomic E-state index is -1.59. The van der Waals surface area contributed by atoms with Crippen LogP contribution in [0.4, 0.5) is 0 Å². The number of hydrogen-bond donors (Lipinski definition) is 5. The van der Waals surface area contributed by atoms with E-state index in [-0.39, 0.29) is 128 Å². The number of aromatic nitrogens is 4. The molecule has 10 rings (SSSR count). The third kappa shape index (κ3) is 33.8. The molecule has 0 aromatic carbocycles. The van der Waals surface area contributed by atoms with Gasteiger partial charge in [0.2, 0.25) is 12.2 Å². The van der Waals surface area contributed by atoms with Gasteiger partial charge in [-0.1, -0.05) is 44.0 Å². The molecule has 6 N–H and O–H groups in total. The van der Waals surface area contributed by atoms with Gasteiger partial charge in [0.05, 0.1) is 84.2 Å². The smallest absolute Gasteiger partial charge is 0.870 e. The summed E-state index contributed by atoms with van der Waals surface area (Å²) in [4.78, 5) is 189. The number of fused-ring (bicyclic) bond motifs is 4. The SMILES string of the molecule is C.C#CC(=O)OCC.CCCC(=O)C(=O)Cl.CCOC(=O)C(=O)c1c(Cl)c(C(=O)OCC)c2n1CCCC2.CCOC(=O)C(=O)c1cc(C(=O)OCC)c2n1CCCC2.CCOC(=O)c1c(Cl)c(C(=O)C(=O)O)n2c1CCCC2.CCOC(=O)c1ccn2c1CCCC2.O=C(O)C1CCCCN1.O=CN1CCCCC1C(=O)O.O=CO.[Li+].[OH-]. The number of esters is 7. The van der Waals surface area contributed by atoms with E-state index < -0.39 is 88.1 Å². The van der Waals surface area contributed by atoms with Crippen LogP contribution in [0, 0.1) is 12.3 Å². The normalized spacial score (nSPS) is 14.5. The van der Waals surface area contributed by atoms with E-state index in [2.05, 4.69) is 21.0 Å². The Morgan fingerprint density at radius 1 is 0.525 bits per heavy atom. The first-order valence-electron chi connectivity index (χ1n) is 37.8. The summed E-state index contributed by atoms with van der Waals surface area (Å²) in [5.41, 5.74) is 4.72. The van der Waals surface area contributed by atoms with Crippen LogP contribution in [0.15, 0.2) is 18.3 Å². The average molecular weight is 1720 g/mol. The predicted octanol–water partition coefficient (Wildman–Crippen LogP) is 6.83. The maximum atomic E-state index is 12.3. The summed E-state index contributed by atoms with van der Waals surface area (Å²) < 4.78 is 40.9. The van der Waals surface area contributed by atoms with Crippen molar-refractivity contribution in [3.05, 3.63) is 90.5 Å². The van der Waals surface area contributed by atoms with Crippen molar-refractivity contribution in [1.29, 1.82) is 0 Å². The number of hydrogen-bond acceptors (Lipinski definition) is 26. The zero-order valence-electron chi connectivity index (χ0n) is 67.4. The number of likely N-dealkylation sites (tertiary alicyclic amines) is 1. The number of rotatable bonds is 23. The molecule has 4 aromatic rings. The van der Waals surface area contributed by atoms with Crippen LogP contribution in [0.3, 0.4) is 0 Å². The van der Waals surface area contributed by atoms with Crippen molar-refractivity contribution in [3.63, 3.8) is 0 Å². The Bertz CT molecular complexity index is 4090. The van der Waals surface area contributed by atoms with Crippen molar-refractivity contribution in [2.24, 2.45) is 0 Å². The van der Waals surface area contributed by atoms with Crippen LogP contribution >= 0.6 is 34.8 Å². The first-order valence-corrected chi connectivity index (χ1v) is 39.0. The van der Waals surface area contributed by atoms with Crippen LogP contribution in [-0.2, 0) is 133 Å². The molecule has 650 valence electrons. The minimum absolute atomic E-state index is 0. The molecule has 118 heavy (non-hydrogen) atoms. The van der Waals surface area contributed by atoms with Gasteiger partial charge in [-0.3, -0.25) is 38.4 Å². The molecule has 2 fully saturated rings. The largest absolute Gasteiger partial charge is 1.00 e. The van der Waals surface area contributed by atoms with Crippen molar-refractivity contribution in [2.45, 2.75) is 229 Å². The van der Waals surface area contributed by atoms with Gasteiger partial charge in [0, 0.05) is 74.0 Å². The van der Waals surface area contributed by atoms with Crippen molar-refractivity contribution < 1.29 is 159 Å². The Morgan fingerprint density at radius 3 is 1.34 bits per heavy atom. The predicted molar refractivity (Wildman–Crippen MR) is 422 cm³/mol. The summed E-state index contributed by atoms with van der Waals surface area (Å²) in [6, 6.07) is 2.47. The number of carboxylic acids is 3. The molecular formula is C79H108Cl3LiN6O29. The first kappa shape index (κ1) is 110. The molecule has 2 atom stereocenters. The molecule has 4 aromatic heterocycles. The van der Waals surface area contributed by atoms with E-state index in [4.69, 9.17) is 88.4 Å². The summed E-state index contributed by atoms with van der Waals surface area (Å²) >= 11 is 17.1. The third-order valence-electron chi connectivity index (χ3n) is 17.5. The fraction of sp³-hybridized carbons (Fsp3) is 0.557. The Hall–Kier alpha value is -9.94. The number of halogens is 3. The molecule has 39 heteroatoms. The van der Waals surface area contributed by atoms with Crippen LogP contribution in [0.1, 0.15) is 261 Å². The van der Waals surface area contributed by atoms with Crippen molar-refractivity contribution in [1.82, 2.24) is 28.5 Å². The van der Waals surface area contributed by atoms with E-state index in [0.29, 0.717) is 94.9 Å². The monoisotopic (exact) mass is 1720 g/mol. The van der Waals surface area contributed by atoms with Crippen LogP contribution in [0.5, 0.6) is 0 Å². The van der Waals surface area contributed by atoms with Crippen LogP contribution in [0.2, 0.25) is 10.0 Å². The van der Waals surface area contributed by atoms with Gasteiger partial charge < -0.3 is 87.5 Å². The Balaban J connectivity index is 0. The van der Waals surface area contributed by atoms with Crippen molar-refractivity contribution in [2.75, 3.05) is 59.3 Å². The van der Waals surface area contributed by atoms with Crippen LogP contribution in [0.25, 0.3) is 0 Å². The summed E-state index contributed by atoms with van der Waals surface area (Å²) in [5, 5.41) is 34.8. The molecule has 10 heterocycles. The molecule has 0 saturated carbocycles. The van der Waals surface area contributed by atoms with Crippen molar-refractivity contribution >= 4 is 136 Å². The summed E-state index contributed by atoms with van der Waals surface area (Å²) in [6.07, 6.45) is 24.1. The molecule has 0 spiro atoms. The average Bonchev–Trinajstić information content (AvgIpc) is 1.61. The Kier molecular flexibility index (Phi) is 55.7. The molecule has 6 aliphatic heterocycles. The summed E-state index contributed by atoms with van der Waals surface area (Å²) in [5.74, 6) is -8.79. The number of terminal acetylenes is 1. The second-order valence-electron chi connectivity index (χ2n) is 25.1. The minimum Gasteiger partial charge on any atom is -0.870 e. The van der Waals surface area contributed by atoms with Gasteiger partial charge in [-0.15, -0.1) is 6.42 Å². The maximum absolute atomic E-state index is 12.3. The van der Waals surface area contributed by atoms with E-state index in [0.717, 1.165) is 107 Å². The second kappa shape index (κ2) is 59.7. The quantitative estimate of drug-likeness (QED) is 0.00584. The topological polar surface area (TPSA) is 501 Å². The number of amides is 1. The molecule has 1 amide bonds. The van der Waals surface area contributed by atoms with E-state index in [1.807, 2.05) is 26.1 Å². The second-order valence-corrected chi connectivity index (χ2v) is 26.2. The zero-order chi connectivity index (χ0) is 86.4. The molecule has 0 aliphatic carbocycles. The Labute approximate surface area is 711 Å². The van der Waals surface area contributed by atoms with Gasteiger partial charge in [0.1, 0.15) is 23.5 Å². The van der Waals surface area contributed by atoms with E-state index >= 15 is 0 Å². The number of carbonyl (C=O) groups is 17. The molecule has 2 saturated heterocycles. The number of ether oxygens (including phenoxy) is 7. The first-order chi connectivity index (χ1) is 54.9. The number of ketones is 4. The number of nitrogens with zero attached hydrogens (tertiary/aromatic N) is 5. The van der Waals surface area contributed by atoms with E-state index in [9.17, 15) is 76.7 Å². The molecule has 6 aliphatic rings. The third-order valence-corrected chi connectivity index (χ3v) is 18.4. The fourth-order valence-electron chi connectivity index (χ4n) is 12.5. The van der Waals surface area contributed by atoms with E-state index in [1.54, 1.807) is 56.6 Å². The van der Waals surface area contributed by atoms with Crippen LogP contribution in [-0.4, -0.2) is 221 Å². The number of piperidine rings is 2. The molecule has 0 bridgehead atoms. The van der Waals surface area contributed by atoms with Gasteiger partial charge in [0.15, 0.2) is 0 Å². The molecule has 35 nitrogen and oxygen atoms in total. The number of aryl methyl sites for hydroxylation is 1. The Morgan fingerprint density at radius 2 is 0.949 bits per heavy atom. The number of nitrogens with one attached hydrogen (secondary N) is 1.